The molecule has 1 amide bonds. The molecule has 1 fully saturated rings. The van der Waals surface area contributed by atoms with Crippen molar-refractivity contribution in [2.24, 2.45) is 5.92 Å². The lowest BCUT2D eigenvalue weighted by Gasteiger charge is -2.10. The summed E-state index contributed by atoms with van der Waals surface area (Å²) in [5, 5.41) is 6.16. The van der Waals surface area contributed by atoms with Crippen LogP contribution in [0.2, 0.25) is 0 Å². The average Bonchev–Trinajstić information content (AvgIpc) is 3.09. The molecule has 1 heterocycles. The fourth-order valence-corrected chi connectivity index (χ4v) is 2.45. The van der Waals surface area contributed by atoms with Gasteiger partial charge in [0.25, 0.3) is 0 Å². The van der Waals surface area contributed by atoms with Crippen molar-refractivity contribution in [1.82, 2.24) is 10.6 Å². The summed E-state index contributed by atoms with van der Waals surface area (Å²) in [4.78, 5) is 23.1. The Morgan fingerprint density at radius 2 is 2.09 bits per heavy atom. The molecule has 2 N–H and O–H groups in total. The summed E-state index contributed by atoms with van der Waals surface area (Å²) in [6, 6.07) is 7.50. The van der Waals surface area contributed by atoms with Gasteiger partial charge in [0, 0.05) is 13.1 Å². The van der Waals surface area contributed by atoms with E-state index in [1.807, 2.05) is 24.3 Å². The number of amides is 1. The molecule has 0 bridgehead atoms. The first-order valence-corrected chi connectivity index (χ1v) is 8.05. The Hall–Kier alpha value is -2.08. The maximum atomic E-state index is 11.9. The van der Waals surface area contributed by atoms with Crippen molar-refractivity contribution < 1.29 is 19.1 Å². The highest BCUT2D eigenvalue weighted by Gasteiger charge is 2.21. The lowest BCUT2D eigenvalue weighted by Crippen LogP contribution is -2.33. The second-order valence-corrected chi connectivity index (χ2v) is 5.47. The van der Waals surface area contributed by atoms with Gasteiger partial charge in [0.2, 0.25) is 5.91 Å². The number of carbonyl (C=O) groups is 2. The van der Waals surface area contributed by atoms with Crippen LogP contribution in [0.5, 0.6) is 5.75 Å². The van der Waals surface area contributed by atoms with E-state index in [0.29, 0.717) is 18.9 Å². The van der Waals surface area contributed by atoms with Crippen molar-refractivity contribution in [3.05, 3.63) is 29.8 Å². The monoisotopic (exact) mass is 320 g/mol. The molecule has 2 rings (SSSR count). The summed E-state index contributed by atoms with van der Waals surface area (Å²) in [5.41, 5.74) is 1.11. The molecule has 1 saturated heterocycles. The Morgan fingerprint density at radius 1 is 1.30 bits per heavy atom. The minimum atomic E-state index is -0.374. The summed E-state index contributed by atoms with van der Waals surface area (Å²) < 4.78 is 10.1. The van der Waals surface area contributed by atoms with Crippen LogP contribution in [0, 0.1) is 5.92 Å². The molecule has 6 heteroatoms. The zero-order chi connectivity index (χ0) is 16.5. The molecule has 0 radical (unpaired) electrons. The van der Waals surface area contributed by atoms with E-state index < -0.39 is 0 Å². The Labute approximate surface area is 136 Å². The van der Waals surface area contributed by atoms with E-state index in [9.17, 15) is 9.59 Å². The van der Waals surface area contributed by atoms with E-state index in [4.69, 9.17) is 9.47 Å². The standard InChI is InChI=1S/C17H24N2O4/c1-2-22-16(20)12-23-15-5-3-13(4-6-15)7-10-19-17(21)14-8-9-18-11-14/h3-6,14,18H,2,7-12H2,1H3,(H,19,21). The number of nitrogens with one attached hydrogen (secondary N) is 2. The van der Waals surface area contributed by atoms with E-state index in [1.54, 1.807) is 6.92 Å². The Bertz CT molecular complexity index is 510. The van der Waals surface area contributed by atoms with Gasteiger partial charge < -0.3 is 20.1 Å². The van der Waals surface area contributed by atoms with Gasteiger partial charge in [0.1, 0.15) is 5.75 Å². The summed E-state index contributed by atoms with van der Waals surface area (Å²) in [6.45, 7) is 4.35. The number of esters is 1. The van der Waals surface area contributed by atoms with E-state index >= 15 is 0 Å². The Balaban J connectivity index is 1.68. The van der Waals surface area contributed by atoms with E-state index in [1.165, 1.54) is 0 Å². The molecule has 1 atom stereocenters. The smallest absolute Gasteiger partial charge is 0.344 e. The van der Waals surface area contributed by atoms with Crippen LogP contribution in [0.1, 0.15) is 18.9 Å². The number of hydrogen-bond acceptors (Lipinski definition) is 5. The van der Waals surface area contributed by atoms with Crippen molar-refractivity contribution in [3.63, 3.8) is 0 Å². The first-order valence-electron chi connectivity index (χ1n) is 8.05. The van der Waals surface area contributed by atoms with Crippen molar-refractivity contribution in [1.29, 1.82) is 0 Å². The van der Waals surface area contributed by atoms with Crippen LogP contribution >= 0.6 is 0 Å². The lowest BCUT2D eigenvalue weighted by molar-refractivity contribution is -0.145. The molecule has 0 aliphatic carbocycles. The summed E-state index contributed by atoms with van der Waals surface area (Å²) in [5.74, 6) is 0.488. The Morgan fingerprint density at radius 3 is 2.74 bits per heavy atom. The maximum absolute atomic E-state index is 11.9. The van der Waals surface area contributed by atoms with Crippen LogP contribution in [0.4, 0.5) is 0 Å². The zero-order valence-electron chi connectivity index (χ0n) is 13.5. The molecule has 126 valence electrons. The molecule has 23 heavy (non-hydrogen) atoms. The van der Waals surface area contributed by atoms with Gasteiger partial charge in [-0.15, -0.1) is 0 Å². The fourth-order valence-electron chi connectivity index (χ4n) is 2.45. The zero-order valence-corrected chi connectivity index (χ0v) is 13.5. The molecular formula is C17H24N2O4. The number of rotatable bonds is 8. The minimum Gasteiger partial charge on any atom is -0.482 e. The summed E-state index contributed by atoms with van der Waals surface area (Å²) >= 11 is 0. The Kier molecular flexibility index (Phi) is 6.87. The first kappa shape index (κ1) is 17.3. The third-order valence-corrected chi connectivity index (χ3v) is 3.73. The second-order valence-electron chi connectivity index (χ2n) is 5.47. The molecule has 1 aliphatic rings. The van der Waals surface area contributed by atoms with Crippen molar-refractivity contribution in [3.8, 4) is 5.75 Å². The van der Waals surface area contributed by atoms with Gasteiger partial charge in [-0.2, -0.15) is 0 Å². The maximum Gasteiger partial charge on any atom is 0.344 e. The largest absolute Gasteiger partial charge is 0.482 e. The van der Waals surface area contributed by atoms with Crippen molar-refractivity contribution in [2.45, 2.75) is 19.8 Å². The van der Waals surface area contributed by atoms with Crippen LogP contribution in [0.15, 0.2) is 24.3 Å². The summed E-state index contributed by atoms with van der Waals surface area (Å²) in [6.07, 6.45) is 1.68. The molecule has 1 unspecified atom stereocenters. The highest BCUT2D eigenvalue weighted by atomic mass is 16.6. The second kappa shape index (κ2) is 9.15. The van der Waals surface area contributed by atoms with Gasteiger partial charge in [-0.3, -0.25) is 4.79 Å². The van der Waals surface area contributed by atoms with Crippen LogP contribution in [0.25, 0.3) is 0 Å². The van der Waals surface area contributed by atoms with Crippen LogP contribution in [-0.4, -0.2) is 44.7 Å². The molecule has 1 aromatic carbocycles. The van der Waals surface area contributed by atoms with E-state index in [0.717, 1.165) is 31.5 Å². The molecule has 6 nitrogen and oxygen atoms in total. The minimum absolute atomic E-state index is 0.0847. The highest BCUT2D eigenvalue weighted by molar-refractivity contribution is 5.79. The highest BCUT2D eigenvalue weighted by Crippen LogP contribution is 2.13. The normalized spacial score (nSPS) is 16.8. The topological polar surface area (TPSA) is 76.7 Å². The van der Waals surface area contributed by atoms with Crippen LogP contribution < -0.4 is 15.4 Å². The SMILES string of the molecule is CCOC(=O)COc1ccc(CCNC(=O)C2CCNC2)cc1. The van der Waals surface area contributed by atoms with Gasteiger partial charge in [-0.1, -0.05) is 12.1 Å². The summed E-state index contributed by atoms with van der Waals surface area (Å²) in [7, 11) is 0. The van der Waals surface area contributed by atoms with Gasteiger partial charge in [-0.25, -0.2) is 4.79 Å². The van der Waals surface area contributed by atoms with Gasteiger partial charge in [0.15, 0.2) is 6.61 Å². The van der Waals surface area contributed by atoms with Gasteiger partial charge in [-0.05, 0) is 44.0 Å². The first-order chi connectivity index (χ1) is 11.2. The molecule has 0 saturated carbocycles. The van der Waals surface area contributed by atoms with E-state index in [-0.39, 0.29) is 24.4 Å². The predicted molar refractivity (Wildman–Crippen MR) is 86.3 cm³/mol. The molecule has 1 aromatic rings. The van der Waals surface area contributed by atoms with Crippen molar-refractivity contribution >= 4 is 11.9 Å². The number of carbonyl (C=O) groups excluding carboxylic acids is 2. The van der Waals surface area contributed by atoms with Crippen LogP contribution in [0.3, 0.4) is 0 Å². The quantitative estimate of drug-likeness (QED) is 0.696. The third-order valence-electron chi connectivity index (χ3n) is 3.73. The van der Waals surface area contributed by atoms with Crippen molar-refractivity contribution in [2.75, 3.05) is 32.8 Å². The average molecular weight is 320 g/mol. The van der Waals surface area contributed by atoms with E-state index in [2.05, 4.69) is 10.6 Å². The molecule has 0 aromatic heterocycles. The molecule has 1 aliphatic heterocycles. The fraction of sp³-hybridized carbons (Fsp3) is 0.529. The lowest BCUT2D eigenvalue weighted by atomic mass is 10.1. The number of benzene rings is 1. The van der Waals surface area contributed by atoms with Gasteiger partial charge in [0.05, 0.1) is 12.5 Å². The molecular weight excluding hydrogens is 296 g/mol. The number of hydrogen-bond donors (Lipinski definition) is 2. The number of ether oxygens (including phenoxy) is 2. The van der Waals surface area contributed by atoms with Crippen LogP contribution in [-0.2, 0) is 20.7 Å². The predicted octanol–water partition coefficient (Wildman–Crippen LogP) is 0.897. The molecule has 0 spiro atoms. The third kappa shape index (κ3) is 5.90. The van der Waals surface area contributed by atoms with Gasteiger partial charge >= 0.3 is 5.97 Å².